The van der Waals surface area contributed by atoms with Gasteiger partial charge in [0.05, 0.1) is 38.6 Å². The normalized spacial score (nSPS) is 27.4. The molecule has 0 saturated carbocycles. The number of hydrogen-bond acceptors (Lipinski definition) is 7. The molecule has 0 aromatic heterocycles. The van der Waals surface area contributed by atoms with E-state index in [1.807, 2.05) is 104 Å². The second-order valence-electron chi connectivity index (χ2n) is 10.3. The number of rotatable bonds is 13. The van der Waals surface area contributed by atoms with Crippen molar-refractivity contribution in [2.24, 2.45) is 5.92 Å². The third-order valence-corrected chi connectivity index (χ3v) is 7.49. The van der Waals surface area contributed by atoms with Crippen molar-refractivity contribution in [2.75, 3.05) is 6.61 Å². The van der Waals surface area contributed by atoms with Crippen LogP contribution in [-0.2, 0) is 75.9 Å². The van der Waals surface area contributed by atoms with Gasteiger partial charge >= 0.3 is 27.7 Å². The molecule has 1 N–H and O–H groups in total. The van der Waals surface area contributed by atoms with Crippen molar-refractivity contribution in [2.45, 2.75) is 69.8 Å². The molecular weight excluding hydrogens is 756 g/mol. The summed E-state index contributed by atoms with van der Waals surface area (Å²) in [5.41, 5.74) is 2.99. The summed E-state index contributed by atoms with van der Waals surface area (Å²) in [5.74, 6) is -0.340. The van der Waals surface area contributed by atoms with Gasteiger partial charge in [-0.15, -0.1) is 6.58 Å². The van der Waals surface area contributed by atoms with Crippen LogP contribution in [0.5, 0.6) is 0 Å². The molecule has 2 fully saturated rings. The van der Waals surface area contributed by atoms with E-state index in [-0.39, 0.29) is 58.7 Å². The second kappa shape index (κ2) is 18.3. The molecule has 43 heavy (non-hydrogen) atoms. The Morgan fingerprint density at radius 3 is 1.67 bits per heavy atom. The fourth-order valence-electron chi connectivity index (χ4n) is 5.33. The van der Waals surface area contributed by atoms with Crippen LogP contribution < -0.4 is 12.4 Å². The van der Waals surface area contributed by atoms with Gasteiger partial charge in [0, 0.05) is 12.3 Å². The van der Waals surface area contributed by atoms with Crippen LogP contribution in [0.4, 0.5) is 0 Å². The Labute approximate surface area is 281 Å². The van der Waals surface area contributed by atoms with Gasteiger partial charge in [0.2, 0.25) is 0 Å². The number of ether oxygens (including phenoxy) is 6. The van der Waals surface area contributed by atoms with Crippen molar-refractivity contribution in [3.8, 4) is 0 Å². The Bertz CT molecular complexity index is 1190. The summed E-state index contributed by atoms with van der Waals surface area (Å²) in [4.78, 5) is 0. The van der Waals surface area contributed by atoms with Crippen LogP contribution in [0.1, 0.15) is 23.6 Å². The minimum absolute atomic E-state index is 0. The molecule has 7 nitrogen and oxygen atoms in total. The molecule has 8 atom stereocenters. The predicted molar refractivity (Wildman–Crippen MR) is 154 cm³/mol. The molecule has 2 aliphatic heterocycles. The fourth-order valence-corrected chi connectivity index (χ4v) is 5.33. The third kappa shape index (κ3) is 9.66. The first-order valence-corrected chi connectivity index (χ1v) is 14.2. The van der Waals surface area contributed by atoms with E-state index in [1.165, 1.54) is 0 Å². The summed E-state index contributed by atoms with van der Waals surface area (Å²) in [5, 5.41) is 11.4. The van der Waals surface area contributed by atoms with Gasteiger partial charge in [-0.25, -0.2) is 0 Å². The summed E-state index contributed by atoms with van der Waals surface area (Å²) in [7, 11) is 0. The van der Waals surface area contributed by atoms with Crippen LogP contribution in [-0.4, -0.2) is 54.8 Å². The number of benzene rings is 3. The van der Waals surface area contributed by atoms with E-state index in [0.717, 1.165) is 16.7 Å². The molecule has 3 aromatic carbocycles. The Balaban J connectivity index is 0.00000253. The largest absolute Gasteiger partial charge is 1.00 e. The van der Waals surface area contributed by atoms with Crippen LogP contribution >= 0.6 is 0 Å². The first-order chi connectivity index (χ1) is 20.2. The van der Waals surface area contributed by atoms with Crippen LogP contribution in [0.25, 0.3) is 0 Å². The summed E-state index contributed by atoms with van der Waals surface area (Å²) in [6.45, 7) is 7.28. The van der Waals surface area contributed by atoms with E-state index < -0.39 is 37.0 Å². The molecular formula is C34H39ClHgO7. The van der Waals surface area contributed by atoms with Crippen LogP contribution in [0.3, 0.4) is 0 Å². The molecule has 2 aliphatic rings. The van der Waals surface area contributed by atoms with E-state index in [2.05, 4.69) is 6.58 Å². The summed E-state index contributed by atoms with van der Waals surface area (Å²) >= 11 is 0. The fraction of sp³-hybridized carbons (Fsp3) is 0.382. The average molecular weight is 796 g/mol. The van der Waals surface area contributed by atoms with E-state index in [4.69, 9.17) is 28.4 Å². The molecule has 2 radical (unpaired) electrons. The molecule has 3 aromatic rings. The van der Waals surface area contributed by atoms with E-state index in [1.54, 1.807) is 6.08 Å². The van der Waals surface area contributed by atoms with E-state index in [0.29, 0.717) is 19.8 Å². The SMILES string of the molecule is C=C[C@@H]([C@H]1O[C@H](O)[C@@H](OCc2ccccc2)[C@@H](OCc2ccccc2)[C@@H]1OCc1ccccc1)[C@H]1COC([CH]C)O1.[Cl-].[Hg+]. The van der Waals surface area contributed by atoms with Gasteiger partial charge in [0.1, 0.15) is 18.3 Å². The van der Waals surface area contributed by atoms with Gasteiger partial charge in [0.25, 0.3) is 0 Å². The molecule has 9 heteroatoms. The van der Waals surface area contributed by atoms with Crippen molar-refractivity contribution >= 4 is 0 Å². The maximum Gasteiger partial charge on any atom is 1.00 e. The van der Waals surface area contributed by atoms with Crippen molar-refractivity contribution in [3.05, 3.63) is 127 Å². The number of halogens is 1. The van der Waals surface area contributed by atoms with Gasteiger partial charge in [-0.3, -0.25) is 0 Å². The maximum atomic E-state index is 11.4. The van der Waals surface area contributed by atoms with Gasteiger partial charge in [-0.1, -0.05) is 104 Å². The Morgan fingerprint density at radius 1 is 0.767 bits per heavy atom. The summed E-state index contributed by atoms with van der Waals surface area (Å²) in [6.07, 6.45) is -1.06. The zero-order valence-electron chi connectivity index (χ0n) is 24.5. The second-order valence-corrected chi connectivity index (χ2v) is 10.3. The van der Waals surface area contributed by atoms with Crippen LogP contribution in [0.15, 0.2) is 104 Å². The number of aliphatic hydroxyl groups excluding tert-OH is 1. The molecule has 2 saturated heterocycles. The molecule has 226 valence electrons. The Hall–Kier alpha value is -1.65. The third-order valence-electron chi connectivity index (χ3n) is 7.49. The monoisotopic (exact) mass is 796 g/mol. The van der Waals surface area contributed by atoms with Crippen molar-refractivity contribution in [3.63, 3.8) is 0 Å². The Kier molecular flexibility index (Phi) is 15.3. The minimum atomic E-state index is -1.26. The predicted octanol–water partition coefficient (Wildman–Crippen LogP) is 2.23. The maximum absolute atomic E-state index is 11.4. The standard InChI is InChI=1S/C34H39O7.ClH.Hg/c1-3-27(28-23-36-29(4-2)40-28)30-31(37-20-24-14-8-5-9-15-24)32(38-21-25-16-10-6-11-17-25)33(34(35)41-30)39-22-26-18-12-7-13-19-26;;/h3-19,27-35H,1,20-23H2,2H3;1H;/q;;+1/p-1/t27-,28-,29?,30-,31-,32+,33+,34+;;/m1../s1. The first-order valence-electron chi connectivity index (χ1n) is 14.2. The molecule has 1 unspecified atom stereocenters. The van der Waals surface area contributed by atoms with Gasteiger partial charge < -0.3 is 45.9 Å². The zero-order valence-corrected chi connectivity index (χ0v) is 30.7. The Morgan fingerprint density at radius 2 is 1.23 bits per heavy atom. The zero-order chi connectivity index (χ0) is 28.4. The molecule has 5 rings (SSSR count). The smallest absolute Gasteiger partial charge is 1.00 e. The molecule has 0 bridgehead atoms. The molecule has 2 heterocycles. The first kappa shape index (κ1) is 35.8. The van der Waals surface area contributed by atoms with E-state index >= 15 is 0 Å². The summed E-state index contributed by atoms with van der Waals surface area (Å²) in [6, 6.07) is 29.7. The van der Waals surface area contributed by atoms with Crippen molar-refractivity contribution < 1.29 is 73.6 Å². The van der Waals surface area contributed by atoms with Crippen molar-refractivity contribution in [1.82, 2.24) is 0 Å². The topological polar surface area (TPSA) is 75.6 Å². The molecule has 0 aliphatic carbocycles. The van der Waals surface area contributed by atoms with Crippen LogP contribution in [0.2, 0.25) is 0 Å². The minimum Gasteiger partial charge on any atom is -1.00 e. The van der Waals surface area contributed by atoms with E-state index in [9.17, 15) is 5.11 Å². The van der Waals surface area contributed by atoms with Gasteiger partial charge in [0.15, 0.2) is 12.6 Å². The van der Waals surface area contributed by atoms with Crippen molar-refractivity contribution in [1.29, 1.82) is 0 Å². The number of aliphatic hydroxyl groups is 1. The quantitative estimate of drug-likeness (QED) is 0.210. The van der Waals surface area contributed by atoms with Gasteiger partial charge in [-0.05, 0) is 16.7 Å². The molecule has 0 amide bonds. The van der Waals surface area contributed by atoms with Crippen LogP contribution in [0, 0.1) is 12.3 Å². The average Bonchev–Trinajstić information content (AvgIpc) is 3.50. The summed E-state index contributed by atoms with van der Waals surface area (Å²) < 4.78 is 37.7. The molecule has 0 spiro atoms. The van der Waals surface area contributed by atoms with Gasteiger partial charge in [-0.2, -0.15) is 0 Å². The number of hydrogen-bond donors (Lipinski definition) is 1.